The quantitative estimate of drug-likeness (QED) is 0.146. The van der Waals surface area contributed by atoms with E-state index in [9.17, 15) is 0 Å². The summed E-state index contributed by atoms with van der Waals surface area (Å²) in [5, 5.41) is 12.8. The van der Waals surface area contributed by atoms with Crippen molar-refractivity contribution in [2.24, 2.45) is 0 Å². The monoisotopic (exact) mass is 1240 g/mol. The molecule has 0 atom stereocenters. The molecule has 0 saturated heterocycles. The molecule has 95 heavy (non-hydrogen) atoms. The van der Waals surface area contributed by atoms with Gasteiger partial charge in [-0.15, -0.1) is 0 Å². The summed E-state index contributed by atoms with van der Waals surface area (Å²) in [6, 6.07) is 126. The zero-order valence-electron chi connectivity index (χ0n) is 51.8. The predicted octanol–water partition coefficient (Wildman–Crippen LogP) is 26.0. The third-order valence-corrected chi connectivity index (χ3v) is 18.3. The van der Waals surface area contributed by atoms with Crippen LogP contribution < -0.4 is 10.6 Å². The van der Waals surface area contributed by atoms with Gasteiger partial charge in [0.1, 0.15) is 22.3 Å². The molecule has 0 fully saturated rings. The van der Waals surface area contributed by atoms with Gasteiger partial charge >= 0.3 is 0 Å². The van der Waals surface area contributed by atoms with Crippen LogP contribution in [0.2, 0.25) is 5.02 Å². The summed E-state index contributed by atoms with van der Waals surface area (Å²) in [5.41, 5.74) is 27.6. The average Bonchev–Trinajstić information content (AvgIpc) is 1.72. The molecule has 0 unspecified atom stereocenters. The number of anilines is 4. The van der Waals surface area contributed by atoms with Crippen LogP contribution >= 0.6 is 11.6 Å². The van der Waals surface area contributed by atoms with Crippen molar-refractivity contribution < 1.29 is 8.83 Å². The number of fused-ring (bicyclic) bond motifs is 9. The van der Waals surface area contributed by atoms with Gasteiger partial charge in [-0.25, -0.2) is 0 Å². The number of rotatable bonds is 9. The maximum Gasteiger partial charge on any atom is 0.137 e. The Morgan fingerprint density at radius 3 is 0.968 bits per heavy atom. The lowest BCUT2D eigenvalue weighted by Gasteiger charge is -2.26. The fourth-order valence-corrected chi connectivity index (χ4v) is 13.4. The number of nitrogen functional groups attached to an aromatic ring is 1. The van der Waals surface area contributed by atoms with Crippen LogP contribution in [0, 0.1) is 0 Å². The molecule has 16 aromatic carbocycles. The zero-order chi connectivity index (χ0) is 63.6. The van der Waals surface area contributed by atoms with Crippen molar-refractivity contribution in [3.8, 4) is 66.8 Å². The molecule has 0 radical (unpaired) electrons. The molecular weight excluding hydrogens is 1180 g/mol. The number of para-hydroxylation sites is 2. The number of hydrogen-bond acceptors (Lipinski definition) is 4. The summed E-state index contributed by atoms with van der Waals surface area (Å²) in [4.78, 5) is 2.32. The molecule has 0 bridgehead atoms. The van der Waals surface area contributed by atoms with Crippen molar-refractivity contribution >= 4 is 111 Å². The highest BCUT2D eigenvalue weighted by Gasteiger charge is 2.18. The van der Waals surface area contributed by atoms with Gasteiger partial charge in [0.05, 0.1) is 0 Å². The van der Waals surface area contributed by atoms with E-state index in [0.29, 0.717) is 0 Å². The van der Waals surface area contributed by atoms with Crippen LogP contribution in [0.5, 0.6) is 0 Å². The van der Waals surface area contributed by atoms with Gasteiger partial charge in [-0.3, -0.25) is 0 Å². The Bertz CT molecular complexity index is 5650. The third-order valence-electron chi connectivity index (χ3n) is 18.0. The molecule has 0 aliphatic heterocycles. The molecule has 4 nitrogen and oxygen atoms in total. The number of halogens is 1. The first-order chi connectivity index (χ1) is 46.9. The Balaban J connectivity index is 0.000000155. The molecule has 0 spiro atoms. The second-order valence-corrected chi connectivity index (χ2v) is 24.3. The lowest BCUT2D eigenvalue weighted by molar-refractivity contribution is 0.668. The second-order valence-electron chi connectivity index (χ2n) is 23.9. The lowest BCUT2D eigenvalue weighted by atomic mass is 9.95. The van der Waals surface area contributed by atoms with Crippen molar-refractivity contribution in [3.05, 3.63) is 363 Å². The minimum atomic E-state index is 0.733. The van der Waals surface area contributed by atoms with Crippen LogP contribution in [0.3, 0.4) is 0 Å². The lowest BCUT2D eigenvalue weighted by Crippen LogP contribution is -2.09. The van der Waals surface area contributed by atoms with E-state index in [-0.39, 0.29) is 0 Å². The zero-order valence-corrected chi connectivity index (χ0v) is 52.5. The van der Waals surface area contributed by atoms with E-state index in [4.69, 9.17) is 26.2 Å². The van der Waals surface area contributed by atoms with Crippen molar-refractivity contribution in [2.75, 3.05) is 10.6 Å². The van der Waals surface area contributed by atoms with Crippen LogP contribution in [0.1, 0.15) is 0 Å². The number of nitrogens with two attached hydrogens (primary N) is 1. The maximum atomic E-state index is 6.39. The van der Waals surface area contributed by atoms with Gasteiger partial charge in [0.2, 0.25) is 0 Å². The molecule has 2 heterocycles. The average molecular weight is 1240 g/mol. The molecule has 5 heteroatoms. The van der Waals surface area contributed by atoms with E-state index in [1.807, 2.05) is 60.7 Å². The molecule has 2 aromatic heterocycles. The third kappa shape index (κ3) is 11.7. The Kier molecular flexibility index (Phi) is 15.5. The van der Waals surface area contributed by atoms with Gasteiger partial charge in [0.15, 0.2) is 0 Å². The summed E-state index contributed by atoms with van der Waals surface area (Å²) in [6.45, 7) is 0. The minimum absolute atomic E-state index is 0.733. The summed E-state index contributed by atoms with van der Waals surface area (Å²) >= 11 is 5.99. The van der Waals surface area contributed by atoms with Gasteiger partial charge < -0.3 is 19.5 Å². The first kappa shape index (κ1) is 57.9. The van der Waals surface area contributed by atoms with Gasteiger partial charge in [-0.05, 0) is 190 Å². The summed E-state index contributed by atoms with van der Waals surface area (Å²) in [7, 11) is 0. The number of hydrogen-bond donors (Lipinski definition) is 1. The first-order valence-electron chi connectivity index (χ1n) is 32.0. The van der Waals surface area contributed by atoms with Crippen LogP contribution in [0.4, 0.5) is 22.7 Å². The van der Waals surface area contributed by atoms with Crippen LogP contribution in [0.25, 0.3) is 143 Å². The van der Waals surface area contributed by atoms with Crippen molar-refractivity contribution in [1.29, 1.82) is 0 Å². The standard InChI is InChI=1S/C56H37NO.C22H15Cl.C12H9NO/c1-3-19-49-40(11-1)13-9-22-51(49)44-17-7-15-42(35-44)38-25-29-46(30-26-38)57(48-33-34-54-53-21-5-6-24-55(53)58-56(54)37-48)47-31-27-39(28-32-47)43-16-8-18-45(36-43)52-23-10-14-41-12-2-4-20-50(41)52;23-20-13-11-16(12-14-20)18-7-3-8-19(15-18)22-10-4-6-17-5-1-2-9-21(17)22;13-8-5-6-10-9-3-1-2-4-11(9)14-12(10)7-8/h1-37H;1-15H;1-7H,13H2. The molecule has 2 N–H and O–H groups in total. The Labute approximate surface area is 556 Å². The molecule has 18 aromatic rings. The summed E-state index contributed by atoms with van der Waals surface area (Å²) < 4.78 is 12.0. The van der Waals surface area contributed by atoms with Crippen LogP contribution in [-0.2, 0) is 0 Å². The van der Waals surface area contributed by atoms with Crippen molar-refractivity contribution in [3.63, 3.8) is 0 Å². The predicted molar refractivity (Wildman–Crippen MR) is 403 cm³/mol. The number of benzene rings is 16. The van der Waals surface area contributed by atoms with E-state index >= 15 is 0 Å². The van der Waals surface area contributed by atoms with E-state index in [1.54, 1.807) is 0 Å². The molecule has 18 rings (SSSR count). The van der Waals surface area contributed by atoms with Crippen LogP contribution in [0.15, 0.2) is 367 Å². The Morgan fingerprint density at radius 2 is 0.537 bits per heavy atom. The van der Waals surface area contributed by atoms with Gasteiger partial charge in [0.25, 0.3) is 0 Å². The molecule has 0 aliphatic carbocycles. The molecular formula is C90H61ClN2O2. The minimum Gasteiger partial charge on any atom is -0.456 e. The fraction of sp³-hybridized carbons (Fsp3) is 0. The Hall–Kier alpha value is -12.2. The van der Waals surface area contributed by atoms with E-state index in [2.05, 4.69) is 302 Å². The van der Waals surface area contributed by atoms with Gasteiger partial charge in [0, 0.05) is 61.4 Å². The molecule has 0 amide bonds. The highest BCUT2D eigenvalue weighted by Crippen LogP contribution is 2.42. The normalized spacial score (nSPS) is 11.3. The Morgan fingerprint density at radius 1 is 0.221 bits per heavy atom. The van der Waals surface area contributed by atoms with Crippen molar-refractivity contribution in [1.82, 2.24) is 0 Å². The highest BCUT2D eigenvalue weighted by molar-refractivity contribution is 6.30. The molecule has 0 aliphatic rings. The second kappa shape index (κ2) is 25.5. The van der Waals surface area contributed by atoms with Crippen LogP contribution in [-0.4, -0.2) is 0 Å². The molecule has 450 valence electrons. The summed E-state index contributed by atoms with van der Waals surface area (Å²) in [6.07, 6.45) is 0. The number of furan rings is 2. The fourth-order valence-electron chi connectivity index (χ4n) is 13.3. The smallest absolute Gasteiger partial charge is 0.137 e. The SMILES string of the molecule is Clc1ccc(-c2cccc(-c3cccc4ccccc34)c2)cc1.Nc1ccc2c(c1)oc1ccccc12.c1cc(-c2ccc(N(c3ccc(-c4cccc(-c5cccc6ccccc56)c4)cc3)c3ccc4c(c3)oc3ccccc34)cc2)cc(-c2cccc3ccccc23)c1. The maximum absolute atomic E-state index is 6.39. The first-order valence-corrected chi connectivity index (χ1v) is 32.4. The topological polar surface area (TPSA) is 55.5 Å². The van der Waals surface area contributed by atoms with E-state index in [1.165, 1.54) is 99.1 Å². The van der Waals surface area contributed by atoms with E-state index < -0.39 is 0 Å². The summed E-state index contributed by atoms with van der Waals surface area (Å²) in [5.74, 6) is 0. The van der Waals surface area contributed by atoms with Crippen molar-refractivity contribution in [2.45, 2.75) is 0 Å². The largest absolute Gasteiger partial charge is 0.456 e. The molecule has 0 saturated carbocycles. The van der Waals surface area contributed by atoms with E-state index in [0.717, 1.165) is 71.6 Å². The number of nitrogens with zero attached hydrogens (tertiary/aromatic N) is 1. The highest BCUT2D eigenvalue weighted by atomic mass is 35.5. The van der Waals surface area contributed by atoms with Gasteiger partial charge in [-0.1, -0.05) is 266 Å². The van der Waals surface area contributed by atoms with Gasteiger partial charge in [-0.2, -0.15) is 0 Å².